The summed E-state index contributed by atoms with van der Waals surface area (Å²) < 4.78 is 0. The average molecular weight is 210 g/mol. The highest BCUT2D eigenvalue weighted by atomic mass is 16.1. The summed E-state index contributed by atoms with van der Waals surface area (Å²) in [5, 5.41) is 0. The molecule has 0 aromatic carbocycles. The number of rotatable bonds is 4. The van der Waals surface area contributed by atoms with Crippen molar-refractivity contribution in [2.24, 2.45) is 11.5 Å². The molecule has 2 aliphatic rings. The van der Waals surface area contributed by atoms with Gasteiger partial charge >= 0.3 is 0 Å². The van der Waals surface area contributed by atoms with Crippen LogP contribution < -0.4 is 11.5 Å². The van der Waals surface area contributed by atoms with Crippen LogP contribution in [-0.4, -0.2) is 35.5 Å². The number of nitrogens with two attached hydrogens (primary N) is 2. The Balaban J connectivity index is 2.14. The van der Waals surface area contributed by atoms with E-state index in [1.54, 1.807) is 0 Å². The van der Waals surface area contributed by atoms with Gasteiger partial charge in [-0.15, -0.1) is 0 Å². The second-order valence-corrected chi connectivity index (χ2v) is 4.65. The number of carbonyl (C=O) groups is 1. The van der Waals surface area contributed by atoms with Crippen LogP contribution in [0.4, 0.5) is 0 Å². The molecule has 0 spiro atoms. The second-order valence-electron chi connectivity index (χ2n) is 4.65. The molecule has 2 bridgehead atoms. The molecule has 2 rings (SSSR count). The highest BCUT2D eigenvalue weighted by Gasteiger charge is 2.52. The minimum atomic E-state index is -0.377. The predicted molar refractivity (Wildman–Crippen MR) is 58.9 cm³/mol. The molecule has 1 radical (unpaired) electrons. The number of nitrogens with zero attached hydrogens (tertiary/aromatic N) is 1. The zero-order valence-electron chi connectivity index (χ0n) is 9.11. The summed E-state index contributed by atoms with van der Waals surface area (Å²) in [6.45, 7) is 1.60. The number of hydrogen-bond donors (Lipinski definition) is 2. The minimum absolute atomic E-state index is 0.155. The Morgan fingerprint density at radius 3 is 3.07 bits per heavy atom. The van der Waals surface area contributed by atoms with Crippen molar-refractivity contribution in [2.75, 3.05) is 13.1 Å². The third-order valence-corrected chi connectivity index (χ3v) is 3.86. The Hall–Kier alpha value is -0.610. The number of hydrogen-bond acceptors (Lipinski definition) is 3. The van der Waals surface area contributed by atoms with E-state index in [0.717, 1.165) is 38.6 Å². The van der Waals surface area contributed by atoms with E-state index in [1.165, 1.54) is 0 Å². The first kappa shape index (κ1) is 10.9. The summed E-state index contributed by atoms with van der Waals surface area (Å²) in [6, 6.07) is 0.526. The number of carbonyl (C=O) groups excluding carboxylic acids is 1. The van der Waals surface area contributed by atoms with E-state index in [1.807, 2.05) is 0 Å². The maximum Gasteiger partial charge on any atom is 0.237 e. The molecular formula is C11H20N3O. The van der Waals surface area contributed by atoms with Crippen LogP contribution in [-0.2, 0) is 4.79 Å². The maximum absolute atomic E-state index is 11.6. The van der Waals surface area contributed by atoms with Crippen molar-refractivity contribution in [1.82, 2.24) is 4.90 Å². The maximum atomic E-state index is 11.6. The fourth-order valence-electron chi connectivity index (χ4n) is 3.06. The van der Waals surface area contributed by atoms with E-state index in [9.17, 15) is 4.79 Å². The van der Waals surface area contributed by atoms with Crippen molar-refractivity contribution < 1.29 is 4.79 Å². The molecule has 2 fully saturated rings. The van der Waals surface area contributed by atoms with Gasteiger partial charge < -0.3 is 11.5 Å². The molecule has 4 heteroatoms. The summed E-state index contributed by atoms with van der Waals surface area (Å²) in [5.41, 5.74) is 10.7. The topological polar surface area (TPSA) is 72.3 Å². The fraction of sp³-hybridized carbons (Fsp3) is 0.818. The lowest BCUT2D eigenvalue weighted by Crippen LogP contribution is -2.58. The normalized spacial score (nSPS) is 35.7. The van der Waals surface area contributed by atoms with Crippen molar-refractivity contribution in [3.05, 3.63) is 6.42 Å². The van der Waals surface area contributed by atoms with Gasteiger partial charge in [0, 0.05) is 12.6 Å². The van der Waals surface area contributed by atoms with Crippen LogP contribution in [0.5, 0.6) is 0 Å². The molecular weight excluding hydrogens is 190 g/mol. The first-order valence-corrected chi connectivity index (χ1v) is 5.79. The van der Waals surface area contributed by atoms with Crippen LogP contribution in [0.1, 0.15) is 32.1 Å². The van der Waals surface area contributed by atoms with Crippen molar-refractivity contribution >= 4 is 5.91 Å². The van der Waals surface area contributed by atoms with Crippen molar-refractivity contribution in [3.8, 4) is 0 Å². The molecule has 0 aliphatic carbocycles. The number of piperidine rings is 1. The second kappa shape index (κ2) is 4.10. The Morgan fingerprint density at radius 1 is 1.60 bits per heavy atom. The smallest absolute Gasteiger partial charge is 0.237 e. The molecule has 4 nitrogen and oxygen atoms in total. The first-order chi connectivity index (χ1) is 7.20. The lowest BCUT2D eigenvalue weighted by Gasteiger charge is -2.42. The number of primary amides is 1. The number of fused-ring (bicyclic) bond motifs is 2. The van der Waals surface area contributed by atoms with Crippen LogP contribution in [0.25, 0.3) is 0 Å². The molecule has 2 heterocycles. The van der Waals surface area contributed by atoms with Gasteiger partial charge in [0.15, 0.2) is 0 Å². The molecule has 0 aromatic heterocycles. The van der Waals surface area contributed by atoms with E-state index >= 15 is 0 Å². The molecule has 0 aromatic rings. The van der Waals surface area contributed by atoms with Gasteiger partial charge in [0.05, 0.1) is 0 Å². The summed E-state index contributed by atoms with van der Waals surface area (Å²) in [6.07, 6.45) is 7.12. The Morgan fingerprint density at radius 2 is 2.40 bits per heavy atom. The molecule has 0 saturated carbocycles. The predicted octanol–water partition coefficient (Wildman–Crippen LogP) is 0.0218. The van der Waals surface area contributed by atoms with E-state index in [2.05, 4.69) is 11.3 Å². The lowest BCUT2D eigenvalue weighted by atomic mass is 9.87. The molecule has 1 amide bonds. The van der Waals surface area contributed by atoms with Gasteiger partial charge in [-0.2, -0.15) is 0 Å². The molecule has 2 saturated heterocycles. The average Bonchev–Trinajstić information content (AvgIpc) is 2.45. The number of amides is 1. The summed E-state index contributed by atoms with van der Waals surface area (Å²) in [7, 11) is 0. The molecule has 0 unspecified atom stereocenters. The van der Waals surface area contributed by atoms with Gasteiger partial charge in [0.25, 0.3) is 0 Å². The fourth-order valence-corrected chi connectivity index (χ4v) is 3.06. The van der Waals surface area contributed by atoms with Crippen LogP contribution in [0, 0.1) is 6.42 Å². The quantitative estimate of drug-likeness (QED) is 0.687. The van der Waals surface area contributed by atoms with Crippen LogP contribution in [0.2, 0.25) is 0 Å². The van der Waals surface area contributed by atoms with Gasteiger partial charge in [0.1, 0.15) is 5.54 Å². The third-order valence-electron chi connectivity index (χ3n) is 3.86. The summed E-state index contributed by atoms with van der Waals surface area (Å²) in [4.78, 5) is 13.9. The van der Waals surface area contributed by atoms with E-state index in [0.29, 0.717) is 12.6 Å². The minimum Gasteiger partial charge on any atom is -0.368 e. The van der Waals surface area contributed by atoms with Crippen LogP contribution in [0.3, 0.4) is 0 Å². The molecule has 85 valence electrons. The third kappa shape index (κ3) is 1.66. The Bertz CT molecular complexity index is 252. The SMILES string of the molecule is NCCCN1[C@@H]2C[CH]C[C@@]1(C(N)=O)CC2. The Kier molecular flexibility index (Phi) is 2.98. The van der Waals surface area contributed by atoms with Gasteiger partial charge in [-0.3, -0.25) is 9.69 Å². The molecule has 15 heavy (non-hydrogen) atoms. The zero-order chi connectivity index (χ0) is 10.9. The van der Waals surface area contributed by atoms with Gasteiger partial charge in [-0.25, -0.2) is 0 Å². The van der Waals surface area contributed by atoms with Gasteiger partial charge in [-0.1, -0.05) is 0 Å². The van der Waals surface area contributed by atoms with E-state index in [4.69, 9.17) is 11.5 Å². The van der Waals surface area contributed by atoms with Crippen molar-refractivity contribution in [3.63, 3.8) is 0 Å². The van der Waals surface area contributed by atoms with Crippen molar-refractivity contribution in [1.29, 1.82) is 0 Å². The monoisotopic (exact) mass is 210 g/mol. The van der Waals surface area contributed by atoms with Crippen molar-refractivity contribution in [2.45, 2.75) is 43.7 Å². The highest BCUT2D eigenvalue weighted by molar-refractivity contribution is 5.85. The lowest BCUT2D eigenvalue weighted by molar-refractivity contribution is -0.130. The standard InChI is InChI=1S/C11H20N3O/c12-7-2-8-14-9-3-1-5-11(14,6-4-9)10(13)15/h1,9H,2-8,12H2,(H2,13,15)/t9-,11+/m1/s1. The van der Waals surface area contributed by atoms with Gasteiger partial charge in [0.2, 0.25) is 5.91 Å². The largest absolute Gasteiger partial charge is 0.368 e. The summed E-state index contributed by atoms with van der Waals surface area (Å²) >= 11 is 0. The zero-order valence-corrected chi connectivity index (χ0v) is 9.11. The summed E-state index contributed by atoms with van der Waals surface area (Å²) in [5.74, 6) is -0.155. The molecule has 2 atom stereocenters. The van der Waals surface area contributed by atoms with Crippen LogP contribution >= 0.6 is 0 Å². The highest BCUT2D eigenvalue weighted by Crippen LogP contribution is 2.43. The molecule has 2 aliphatic heterocycles. The van der Waals surface area contributed by atoms with Gasteiger partial charge in [-0.05, 0) is 45.1 Å². The van der Waals surface area contributed by atoms with E-state index in [-0.39, 0.29) is 11.4 Å². The first-order valence-electron chi connectivity index (χ1n) is 5.79. The Labute approximate surface area is 91.0 Å². The molecule has 4 N–H and O–H groups in total. The van der Waals surface area contributed by atoms with Crippen LogP contribution in [0.15, 0.2) is 0 Å². The van der Waals surface area contributed by atoms with E-state index < -0.39 is 0 Å².